The number of hydrogen-bond donors (Lipinski definition) is 1. The molecular formula is C34H42O2. The molecule has 0 unspecified atom stereocenters. The van der Waals surface area contributed by atoms with Gasteiger partial charge in [-0.15, -0.1) is 0 Å². The Morgan fingerprint density at radius 3 is 2.00 bits per heavy atom. The molecule has 4 rings (SSSR count). The zero-order valence-corrected chi connectivity index (χ0v) is 22.7. The summed E-state index contributed by atoms with van der Waals surface area (Å²) in [6.07, 6.45) is 8.54. The third kappa shape index (κ3) is 5.36. The molecule has 0 spiro atoms. The van der Waals surface area contributed by atoms with Gasteiger partial charge in [-0.05, 0) is 77.6 Å². The van der Waals surface area contributed by atoms with Gasteiger partial charge in [0.25, 0.3) is 0 Å². The summed E-state index contributed by atoms with van der Waals surface area (Å²) < 4.78 is 5.42. The Morgan fingerprint density at radius 1 is 0.833 bits per heavy atom. The number of aryl methyl sites for hydroxylation is 3. The van der Waals surface area contributed by atoms with Crippen LogP contribution in [0.25, 0.3) is 17.2 Å². The molecule has 1 heterocycles. The lowest BCUT2D eigenvalue weighted by Crippen LogP contribution is -2.33. The standard InChI is InChI=1S/C34H42O2/c1-6-27-9-11-29(12-10-27)32-16-15-31(24-26(32)5)34(7-2,8-3)30-14-13-28(25(4)23-30)17-18-33(35)19-21-36-22-20-33/h9-18,23-24,35H,6-8,19-22H2,1-5H3/b18-17+. The van der Waals surface area contributed by atoms with Crippen LogP contribution in [0, 0.1) is 13.8 Å². The third-order valence-electron chi connectivity index (χ3n) is 8.41. The van der Waals surface area contributed by atoms with Crippen molar-refractivity contribution in [3.8, 4) is 11.1 Å². The molecule has 0 aromatic heterocycles. The molecule has 3 aromatic rings. The van der Waals surface area contributed by atoms with Gasteiger partial charge in [-0.25, -0.2) is 0 Å². The molecule has 1 saturated heterocycles. The number of benzene rings is 3. The van der Waals surface area contributed by atoms with Crippen molar-refractivity contribution in [2.45, 2.75) is 77.7 Å². The fourth-order valence-electron chi connectivity index (χ4n) is 5.74. The second-order valence-corrected chi connectivity index (χ2v) is 10.5. The summed E-state index contributed by atoms with van der Waals surface area (Å²) in [5.74, 6) is 0. The lowest BCUT2D eigenvalue weighted by molar-refractivity contribution is -0.0317. The van der Waals surface area contributed by atoms with Crippen LogP contribution >= 0.6 is 0 Å². The van der Waals surface area contributed by atoms with Crippen LogP contribution in [0.3, 0.4) is 0 Å². The fraction of sp³-hybridized carbons (Fsp3) is 0.412. The first-order valence-electron chi connectivity index (χ1n) is 13.6. The summed E-state index contributed by atoms with van der Waals surface area (Å²) in [5.41, 5.74) is 9.68. The van der Waals surface area contributed by atoms with Gasteiger partial charge in [0.15, 0.2) is 0 Å². The molecule has 0 saturated carbocycles. The Bertz CT molecular complexity index is 1190. The normalized spacial score (nSPS) is 15.9. The van der Waals surface area contributed by atoms with Crippen LogP contribution in [0.5, 0.6) is 0 Å². The van der Waals surface area contributed by atoms with Crippen LogP contribution in [0.4, 0.5) is 0 Å². The zero-order valence-electron chi connectivity index (χ0n) is 22.7. The predicted molar refractivity (Wildman–Crippen MR) is 153 cm³/mol. The van der Waals surface area contributed by atoms with Crippen LogP contribution < -0.4 is 0 Å². The first-order chi connectivity index (χ1) is 17.3. The zero-order chi connectivity index (χ0) is 25.8. The molecule has 1 fully saturated rings. The van der Waals surface area contributed by atoms with E-state index in [2.05, 4.69) is 101 Å². The van der Waals surface area contributed by atoms with Gasteiger partial charge in [-0.1, -0.05) is 93.6 Å². The minimum Gasteiger partial charge on any atom is -0.386 e. The summed E-state index contributed by atoms with van der Waals surface area (Å²) >= 11 is 0. The molecule has 0 aliphatic carbocycles. The maximum absolute atomic E-state index is 10.8. The van der Waals surface area contributed by atoms with Crippen molar-refractivity contribution in [1.29, 1.82) is 0 Å². The van der Waals surface area contributed by atoms with Gasteiger partial charge in [0.2, 0.25) is 0 Å². The van der Waals surface area contributed by atoms with Crippen LogP contribution in [-0.4, -0.2) is 23.9 Å². The van der Waals surface area contributed by atoms with Gasteiger partial charge in [-0.2, -0.15) is 0 Å². The monoisotopic (exact) mass is 482 g/mol. The molecule has 0 atom stereocenters. The molecule has 0 bridgehead atoms. The molecule has 0 amide bonds. The maximum atomic E-state index is 10.8. The number of aliphatic hydroxyl groups is 1. The molecule has 2 nitrogen and oxygen atoms in total. The first-order valence-corrected chi connectivity index (χ1v) is 13.6. The van der Waals surface area contributed by atoms with E-state index in [0.29, 0.717) is 26.1 Å². The summed E-state index contributed by atoms with van der Waals surface area (Å²) in [7, 11) is 0. The Balaban J connectivity index is 1.65. The van der Waals surface area contributed by atoms with Gasteiger partial charge in [-0.3, -0.25) is 0 Å². The quantitative estimate of drug-likeness (QED) is 0.351. The molecule has 2 heteroatoms. The van der Waals surface area contributed by atoms with Gasteiger partial charge in [0.05, 0.1) is 5.60 Å². The summed E-state index contributed by atoms with van der Waals surface area (Å²) in [4.78, 5) is 0. The van der Waals surface area contributed by atoms with E-state index < -0.39 is 5.60 Å². The van der Waals surface area contributed by atoms with E-state index in [9.17, 15) is 5.11 Å². The molecule has 1 aliphatic rings. The van der Waals surface area contributed by atoms with E-state index in [4.69, 9.17) is 4.74 Å². The molecule has 190 valence electrons. The Labute approximate surface area is 218 Å². The highest BCUT2D eigenvalue weighted by atomic mass is 16.5. The van der Waals surface area contributed by atoms with E-state index in [-0.39, 0.29) is 5.41 Å². The summed E-state index contributed by atoms with van der Waals surface area (Å²) in [5, 5.41) is 10.8. The van der Waals surface area contributed by atoms with E-state index in [1.54, 1.807) is 0 Å². The van der Waals surface area contributed by atoms with Gasteiger partial charge < -0.3 is 9.84 Å². The maximum Gasteiger partial charge on any atom is 0.0874 e. The highest BCUT2D eigenvalue weighted by molar-refractivity contribution is 5.68. The lowest BCUT2D eigenvalue weighted by Gasteiger charge is -2.34. The van der Waals surface area contributed by atoms with Crippen molar-refractivity contribution in [3.05, 3.63) is 100 Å². The summed E-state index contributed by atoms with van der Waals surface area (Å²) in [6.45, 7) is 12.5. The molecule has 36 heavy (non-hydrogen) atoms. The fourth-order valence-corrected chi connectivity index (χ4v) is 5.74. The van der Waals surface area contributed by atoms with Crippen LogP contribution in [0.15, 0.2) is 66.7 Å². The Hall–Kier alpha value is -2.68. The highest BCUT2D eigenvalue weighted by Gasteiger charge is 2.31. The average Bonchev–Trinajstić information content (AvgIpc) is 2.90. The number of rotatable bonds is 8. The number of ether oxygens (including phenoxy) is 1. The SMILES string of the molecule is CCc1ccc(-c2ccc(C(CC)(CC)c3ccc(/C=C/C4(O)CCOCC4)c(C)c3)cc2C)cc1. The predicted octanol–water partition coefficient (Wildman–Crippen LogP) is 8.19. The van der Waals surface area contributed by atoms with Crippen molar-refractivity contribution in [3.63, 3.8) is 0 Å². The molecular weight excluding hydrogens is 440 g/mol. The van der Waals surface area contributed by atoms with E-state index >= 15 is 0 Å². The Morgan fingerprint density at radius 2 is 1.44 bits per heavy atom. The smallest absolute Gasteiger partial charge is 0.0874 e. The largest absolute Gasteiger partial charge is 0.386 e. The van der Waals surface area contributed by atoms with Gasteiger partial charge in [0, 0.05) is 31.5 Å². The van der Waals surface area contributed by atoms with E-state index in [1.807, 2.05) is 6.08 Å². The molecule has 1 aliphatic heterocycles. The topological polar surface area (TPSA) is 29.5 Å². The summed E-state index contributed by atoms with van der Waals surface area (Å²) in [6, 6.07) is 22.9. The van der Waals surface area contributed by atoms with Crippen LogP contribution in [0.1, 0.15) is 79.8 Å². The second-order valence-electron chi connectivity index (χ2n) is 10.5. The lowest BCUT2D eigenvalue weighted by atomic mass is 9.69. The highest BCUT2D eigenvalue weighted by Crippen LogP contribution is 2.41. The third-order valence-corrected chi connectivity index (χ3v) is 8.41. The van der Waals surface area contributed by atoms with Crippen LogP contribution in [0.2, 0.25) is 0 Å². The van der Waals surface area contributed by atoms with Crippen molar-refractivity contribution < 1.29 is 9.84 Å². The molecule has 1 N–H and O–H groups in total. The van der Waals surface area contributed by atoms with Crippen molar-refractivity contribution >= 4 is 6.08 Å². The van der Waals surface area contributed by atoms with Crippen molar-refractivity contribution in [2.24, 2.45) is 0 Å². The Kier molecular flexibility index (Phi) is 8.17. The van der Waals surface area contributed by atoms with E-state index in [1.165, 1.54) is 44.5 Å². The molecule has 0 radical (unpaired) electrons. The van der Waals surface area contributed by atoms with Crippen molar-refractivity contribution in [1.82, 2.24) is 0 Å². The van der Waals surface area contributed by atoms with Gasteiger partial charge >= 0.3 is 0 Å². The minimum atomic E-state index is -0.754. The second kappa shape index (κ2) is 11.2. The van der Waals surface area contributed by atoms with Gasteiger partial charge in [0.1, 0.15) is 0 Å². The molecule has 3 aromatic carbocycles. The van der Waals surface area contributed by atoms with E-state index in [0.717, 1.165) is 19.3 Å². The average molecular weight is 483 g/mol. The van der Waals surface area contributed by atoms with Crippen molar-refractivity contribution in [2.75, 3.05) is 13.2 Å². The minimum absolute atomic E-state index is 0.0265. The van der Waals surface area contributed by atoms with Crippen LogP contribution in [-0.2, 0) is 16.6 Å². The first kappa shape index (κ1) is 26.4. The number of hydrogen-bond acceptors (Lipinski definition) is 2.